The lowest BCUT2D eigenvalue weighted by atomic mass is 9.75. The van der Waals surface area contributed by atoms with Gasteiger partial charge in [-0.15, -0.1) is 0 Å². The van der Waals surface area contributed by atoms with E-state index in [1.54, 1.807) is 0 Å². The number of aromatic nitrogens is 1. The lowest BCUT2D eigenvalue weighted by Gasteiger charge is -2.47. The number of nitrogens with zero attached hydrogens (tertiary/aromatic N) is 2. The highest BCUT2D eigenvalue weighted by Crippen LogP contribution is 2.39. The molecule has 0 bridgehead atoms. The molecule has 0 saturated carbocycles. The summed E-state index contributed by atoms with van der Waals surface area (Å²) in [5.41, 5.74) is 2.62. The third-order valence-electron chi connectivity index (χ3n) is 5.47. The highest BCUT2D eigenvalue weighted by atomic mass is 28.3. The molecular formula is C19H25BN2Si. The van der Waals surface area contributed by atoms with E-state index < -0.39 is 8.24 Å². The van der Waals surface area contributed by atoms with Crippen LogP contribution >= 0.6 is 0 Å². The van der Waals surface area contributed by atoms with E-state index in [1.807, 2.05) is 12.4 Å². The molecule has 1 aromatic carbocycles. The molecular weight excluding hydrogens is 295 g/mol. The van der Waals surface area contributed by atoms with Crippen molar-refractivity contribution in [3.63, 3.8) is 0 Å². The number of allylic oxidation sites excluding steroid dienone is 2. The van der Waals surface area contributed by atoms with Gasteiger partial charge in [-0.2, -0.15) is 0 Å². The molecule has 1 aliphatic heterocycles. The minimum atomic E-state index is -1.56. The van der Waals surface area contributed by atoms with Crippen LogP contribution in [0.3, 0.4) is 0 Å². The molecule has 0 amide bonds. The molecule has 1 aliphatic rings. The van der Waals surface area contributed by atoms with Gasteiger partial charge in [-0.05, 0) is 28.3 Å². The Morgan fingerprint density at radius 3 is 2.57 bits per heavy atom. The van der Waals surface area contributed by atoms with Crippen molar-refractivity contribution in [1.82, 2.24) is 9.46 Å². The molecule has 23 heavy (non-hydrogen) atoms. The van der Waals surface area contributed by atoms with Crippen molar-refractivity contribution in [2.24, 2.45) is 0 Å². The first kappa shape index (κ1) is 16.1. The van der Waals surface area contributed by atoms with Gasteiger partial charge in [0.15, 0.2) is 0 Å². The molecule has 118 valence electrons. The first-order valence-corrected chi connectivity index (χ1v) is 11.2. The standard InChI is InChI=1S/C19H25BN2Si/c1-19(2,3)23(4,5)22-12-8-11-18(20-22)17-14-21-13-15-9-6-7-10-16(15)17/h6-14,20H,1-5H3. The summed E-state index contributed by atoms with van der Waals surface area (Å²) >= 11 is 0. The molecule has 0 unspecified atom stereocenters. The van der Waals surface area contributed by atoms with E-state index in [0.29, 0.717) is 5.04 Å². The first-order chi connectivity index (χ1) is 10.8. The third kappa shape index (κ3) is 2.88. The molecule has 0 atom stereocenters. The molecule has 2 nitrogen and oxygen atoms in total. The zero-order valence-electron chi connectivity index (χ0n) is 14.8. The van der Waals surface area contributed by atoms with Crippen molar-refractivity contribution in [2.45, 2.75) is 38.9 Å². The predicted octanol–water partition coefficient (Wildman–Crippen LogP) is 4.76. The van der Waals surface area contributed by atoms with E-state index in [9.17, 15) is 0 Å². The molecule has 3 rings (SSSR count). The highest BCUT2D eigenvalue weighted by molar-refractivity contribution is 6.86. The van der Waals surface area contributed by atoms with Crippen LogP contribution in [0.5, 0.6) is 0 Å². The van der Waals surface area contributed by atoms with Crippen LogP contribution in [-0.4, -0.2) is 25.1 Å². The average molecular weight is 320 g/mol. The van der Waals surface area contributed by atoms with Crippen LogP contribution in [0.25, 0.3) is 16.2 Å². The van der Waals surface area contributed by atoms with Gasteiger partial charge in [0, 0.05) is 17.8 Å². The molecule has 0 aliphatic carbocycles. The van der Waals surface area contributed by atoms with Gasteiger partial charge in [0.2, 0.25) is 0 Å². The lowest BCUT2D eigenvalue weighted by molar-refractivity contribution is 0.658. The summed E-state index contributed by atoms with van der Waals surface area (Å²) in [5.74, 6) is 0. The zero-order valence-corrected chi connectivity index (χ0v) is 15.8. The topological polar surface area (TPSA) is 16.1 Å². The highest BCUT2D eigenvalue weighted by Gasteiger charge is 2.40. The Labute approximate surface area is 141 Å². The Bertz CT molecular complexity index is 782. The summed E-state index contributed by atoms with van der Waals surface area (Å²) in [4.78, 5) is 4.45. The largest absolute Gasteiger partial charge is 0.447 e. The molecule has 1 aromatic heterocycles. The monoisotopic (exact) mass is 320 g/mol. The predicted molar refractivity (Wildman–Crippen MR) is 105 cm³/mol. The molecule has 2 aromatic rings. The van der Waals surface area contributed by atoms with E-state index in [4.69, 9.17) is 0 Å². The van der Waals surface area contributed by atoms with Crippen molar-refractivity contribution in [1.29, 1.82) is 0 Å². The number of pyridine rings is 1. The van der Waals surface area contributed by atoms with Gasteiger partial charge in [-0.1, -0.05) is 69.7 Å². The number of fused-ring (bicyclic) bond motifs is 1. The van der Waals surface area contributed by atoms with E-state index >= 15 is 0 Å². The van der Waals surface area contributed by atoms with Crippen LogP contribution in [0.4, 0.5) is 0 Å². The van der Waals surface area contributed by atoms with Crippen molar-refractivity contribution < 1.29 is 0 Å². The molecule has 0 fully saturated rings. The second-order valence-electron chi connectivity index (χ2n) is 7.88. The van der Waals surface area contributed by atoms with Crippen molar-refractivity contribution >= 4 is 31.9 Å². The molecule has 2 heterocycles. The van der Waals surface area contributed by atoms with Gasteiger partial charge in [0.25, 0.3) is 7.41 Å². The lowest BCUT2D eigenvalue weighted by Crippen LogP contribution is -2.54. The second-order valence-corrected chi connectivity index (χ2v) is 13.1. The van der Waals surface area contributed by atoms with Crippen molar-refractivity contribution in [3.05, 3.63) is 60.6 Å². The van der Waals surface area contributed by atoms with Gasteiger partial charge in [0.05, 0.1) is 0 Å². The summed E-state index contributed by atoms with van der Waals surface area (Å²) in [5, 5.41) is 2.83. The second kappa shape index (κ2) is 5.68. The summed E-state index contributed by atoms with van der Waals surface area (Å²) in [7, 11) is -0.586. The molecule has 0 N–H and O–H groups in total. The smallest absolute Gasteiger partial charge is 0.261 e. The fourth-order valence-electron chi connectivity index (χ4n) is 2.91. The molecule has 0 radical (unpaired) electrons. The maximum atomic E-state index is 4.45. The van der Waals surface area contributed by atoms with Crippen LogP contribution in [0.15, 0.2) is 55.0 Å². The number of hydrogen-bond acceptors (Lipinski definition) is 2. The normalized spacial score (nSPS) is 15.5. The fourth-order valence-corrected chi connectivity index (χ4v) is 4.80. The van der Waals surface area contributed by atoms with Crippen LogP contribution in [-0.2, 0) is 0 Å². The van der Waals surface area contributed by atoms with Crippen molar-refractivity contribution in [2.75, 3.05) is 0 Å². The molecule has 0 spiro atoms. The minimum Gasteiger partial charge on any atom is -0.447 e. The Hall–Kier alpha value is -1.81. The first-order valence-electron chi connectivity index (χ1n) is 8.28. The van der Waals surface area contributed by atoms with E-state index in [2.05, 4.69) is 85.9 Å². The van der Waals surface area contributed by atoms with Gasteiger partial charge in [-0.25, -0.2) is 0 Å². The summed E-state index contributed by atoms with van der Waals surface area (Å²) in [6, 6.07) is 8.51. The van der Waals surface area contributed by atoms with E-state index in [0.717, 1.165) is 7.41 Å². The maximum absolute atomic E-state index is 4.45. The zero-order chi connectivity index (χ0) is 16.7. The Balaban J connectivity index is 1.99. The number of rotatable bonds is 2. The van der Waals surface area contributed by atoms with Crippen molar-refractivity contribution in [3.8, 4) is 0 Å². The van der Waals surface area contributed by atoms with Crippen LogP contribution < -0.4 is 0 Å². The van der Waals surface area contributed by atoms with Gasteiger partial charge in [-0.3, -0.25) is 4.98 Å². The molecule has 0 saturated heterocycles. The van der Waals surface area contributed by atoms with Crippen LogP contribution in [0.1, 0.15) is 26.3 Å². The number of benzene rings is 1. The molecule has 4 heteroatoms. The van der Waals surface area contributed by atoms with E-state index in [-0.39, 0.29) is 0 Å². The summed E-state index contributed by atoms with van der Waals surface area (Å²) in [6.45, 7) is 12.0. The van der Waals surface area contributed by atoms with Gasteiger partial charge >= 0.3 is 0 Å². The summed E-state index contributed by atoms with van der Waals surface area (Å²) < 4.78 is 2.59. The maximum Gasteiger partial charge on any atom is 0.261 e. The van der Waals surface area contributed by atoms with Crippen LogP contribution in [0.2, 0.25) is 18.1 Å². The van der Waals surface area contributed by atoms with Gasteiger partial charge < -0.3 is 4.48 Å². The Kier molecular flexibility index (Phi) is 3.97. The quantitative estimate of drug-likeness (QED) is 0.742. The minimum absolute atomic E-state index is 0.330. The SMILES string of the molecule is CC(C)(C)[Si](C)(C)N1BC(c2cncc3ccccc23)=CC=C1. The number of hydrogen-bond donors (Lipinski definition) is 0. The van der Waals surface area contributed by atoms with Gasteiger partial charge in [0.1, 0.15) is 8.24 Å². The third-order valence-corrected chi connectivity index (χ3v) is 10.9. The van der Waals surface area contributed by atoms with E-state index in [1.165, 1.54) is 21.8 Å². The Morgan fingerprint density at radius 2 is 1.83 bits per heavy atom. The van der Waals surface area contributed by atoms with Crippen LogP contribution in [0, 0.1) is 0 Å². The average Bonchev–Trinajstić information content (AvgIpc) is 2.53. The fraction of sp³-hybridized carbons (Fsp3) is 0.316. The summed E-state index contributed by atoms with van der Waals surface area (Å²) in [6.07, 6.45) is 10.7. The Morgan fingerprint density at radius 1 is 1.09 bits per heavy atom.